The second kappa shape index (κ2) is 7.72. The molecule has 0 aromatic heterocycles. The normalized spacial score (nSPS) is 10.8. The molecule has 2 aromatic rings. The number of nitrogens with zero attached hydrogens (tertiary/aromatic N) is 2. The number of rotatable bonds is 5. The lowest BCUT2D eigenvalue weighted by Crippen LogP contribution is -2.12. The van der Waals surface area contributed by atoms with Crippen LogP contribution in [0.25, 0.3) is 22.6 Å². The molecule has 144 valence electrons. The lowest BCUT2D eigenvalue weighted by Gasteiger charge is -2.11. The van der Waals surface area contributed by atoms with Gasteiger partial charge in [0.05, 0.1) is 24.9 Å². The Balaban J connectivity index is 1.70. The van der Waals surface area contributed by atoms with Gasteiger partial charge in [0, 0.05) is 22.9 Å². The first kappa shape index (κ1) is 18.6. The van der Waals surface area contributed by atoms with Crippen molar-refractivity contribution < 1.29 is 14.3 Å². The summed E-state index contributed by atoms with van der Waals surface area (Å²) in [6, 6.07) is 20.4. The molecule has 29 heavy (non-hydrogen) atoms. The van der Waals surface area contributed by atoms with Crippen molar-refractivity contribution in [2.75, 3.05) is 7.11 Å². The topological polar surface area (TPSA) is 61.2 Å². The highest BCUT2D eigenvalue weighted by atomic mass is 16.5. The average Bonchev–Trinajstić information content (AvgIpc) is 3.11. The molecule has 2 aliphatic heterocycles. The predicted molar refractivity (Wildman–Crippen MR) is 111 cm³/mol. The van der Waals surface area contributed by atoms with Gasteiger partial charge < -0.3 is 9.30 Å². The summed E-state index contributed by atoms with van der Waals surface area (Å²) in [4.78, 5) is 29.1. The van der Waals surface area contributed by atoms with Crippen LogP contribution in [0, 0.1) is 6.92 Å². The van der Waals surface area contributed by atoms with Crippen LogP contribution in [0.1, 0.15) is 26.3 Å². The summed E-state index contributed by atoms with van der Waals surface area (Å²) in [5.74, 6) is 0.431. The largest absolute Gasteiger partial charge is 0.465 e. The second-order valence-corrected chi connectivity index (χ2v) is 6.82. The Kier molecular flexibility index (Phi) is 4.96. The van der Waals surface area contributed by atoms with E-state index in [4.69, 9.17) is 9.72 Å². The zero-order valence-electron chi connectivity index (χ0n) is 16.3. The summed E-state index contributed by atoms with van der Waals surface area (Å²) >= 11 is 0. The van der Waals surface area contributed by atoms with Gasteiger partial charge in [-0.15, -0.1) is 0 Å². The van der Waals surface area contributed by atoms with E-state index in [9.17, 15) is 9.59 Å². The molecule has 2 heterocycles. The number of carbonyl (C=O) groups is 2. The van der Waals surface area contributed by atoms with Gasteiger partial charge >= 0.3 is 5.97 Å². The summed E-state index contributed by atoms with van der Waals surface area (Å²) in [6.07, 6.45) is 1.87. The van der Waals surface area contributed by atoms with Gasteiger partial charge in [0.15, 0.2) is 5.78 Å². The highest BCUT2D eigenvalue weighted by molar-refractivity contribution is 5.96. The number of fused-ring (bicyclic) bond motifs is 1. The lowest BCUT2D eigenvalue weighted by molar-refractivity contribution is 0.0600. The van der Waals surface area contributed by atoms with Crippen LogP contribution in [0.2, 0.25) is 0 Å². The van der Waals surface area contributed by atoms with Gasteiger partial charge in [0.25, 0.3) is 0 Å². The molecule has 2 aliphatic rings. The van der Waals surface area contributed by atoms with Gasteiger partial charge in [0.2, 0.25) is 0 Å². The minimum atomic E-state index is -0.369. The van der Waals surface area contributed by atoms with Crippen molar-refractivity contribution in [2.24, 2.45) is 0 Å². The summed E-state index contributed by atoms with van der Waals surface area (Å²) in [7, 11) is 1.36. The van der Waals surface area contributed by atoms with Crippen molar-refractivity contribution in [1.82, 2.24) is 9.55 Å². The van der Waals surface area contributed by atoms with Crippen LogP contribution < -0.4 is 0 Å². The Morgan fingerprint density at radius 2 is 1.66 bits per heavy atom. The number of esters is 1. The third-order valence-electron chi connectivity index (χ3n) is 5.01. The Bertz CT molecular complexity index is 1140. The number of ether oxygens (including phenoxy) is 1. The highest BCUT2D eigenvalue weighted by Crippen LogP contribution is 2.34. The number of carbonyl (C=O) groups excluding carboxylic acids is 2. The van der Waals surface area contributed by atoms with Gasteiger partial charge in [0.1, 0.15) is 5.82 Å². The smallest absolute Gasteiger partial charge is 0.337 e. The number of pyridine rings is 1. The number of hydrogen-bond acceptors (Lipinski definition) is 4. The fourth-order valence-corrected chi connectivity index (χ4v) is 3.44. The van der Waals surface area contributed by atoms with Crippen molar-refractivity contribution in [3.63, 3.8) is 0 Å². The maximum Gasteiger partial charge on any atom is 0.337 e. The van der Waals surface area contributed by atoms with Crippen LogP contribution in [0.5, 0.6) is 0 Å². The molecule has 5 nitrogen and oxygen atoms in total. The Labute approximate surface area is 168 Å². The fourth-order valence-electron chi connectivity index (χ4n) is 3.44. The molecule has 0 saturated carbocycles. The molecule has 0 aliphatic carbocycles. The first-order chi connectivity index (χ1) is 14.1. The molecule has 5 heteroatoms. The predicted octanol–water partition coefficient (Wildman–Crippen LogP) is 4.63. The molecule has 2 aromatic carbocycles. The number of ketones is 1. The van der Waals surface area contributed by atoms with Crippen molar-refractivity contribution >= 4 is 11.8 Å². The molecular formula is C24H20N2O3. The first-order valence-corrected chi connectivity index (χ1v) is 9.31. The Morgan fingerprint density at radius 3 is 2.34 bits per heavy atom. The van der Waals surface area contributed by atoms with E-state index in [-0.39, 0.29) is 18.3 Å². The van der Waals surface area contributed by atoms with Gasteiger partial charge in [-0.05, 0) is 36.8 Å². The molecule has 0 spiro atoms. The molecular weight excluding hydrogens is 364 g/mol. The number of Topliss-reactive ketones (excluding diaryl/α,β-unsaturated/α-hetero) is 1. The van der Waals surface area contributed by atoms with Crippen LogP contribution in [0.15, 0.2) is 72.9 Å². The van der Waals surface area contributed by atoms with E-state index in [1.165, 1.54) is 7.11 Å². The van der Waals surface area contributed by atoms with E-state index in [0.29, 0.717) is 11.1 Å². The van der Waals surface area contributed by atoms with Gasteiger partial charge in [-0.1, -0.05) is 42.5 Å². The second-order valence-electron chi connectivity index (χ2n) is 6.82. The summed E-state index contributed by atoms with van der Waals surface area (Å²) in [6.45, 7) is 2.24. The van der Waals surface area contributed by atoms with Crippen LogP contribution in [-0.4, -0.2) is 28.4 Å². The quantitative estimate of drug-likeness (QED) is 0.372. The van der Waals surface area contributed by atoms with Crippen LogP contribution in [0.4, 0.5) is 0 Å². The van der Waals surface area contributed by atoms with Crippen molar-refractivity contribution in [3.05, 3.63) is 89.6 Å². The Hall–Kier alpha value is -3.73. The monoisotopic (exact) mass is 384 g/mol. The molecule has 0 saturated heterocycles. The number of hydrogen-bond donors (Lipinski definition) is 0. The molecule has 0 unspecified atom stereocenters. The number of methoxy groups -OCH3 is 1. The minimum Gasteiger partial charge on any atom is -0.465 e. The van der Waals surface area contributed by atoms with E-state index >= 15 is 0 Å². The number of benzene rings is 2. The molecule has 0 radical (unpaired) electrons. The fraction of sp³-hybridized carbons (Fsp3) is 0.125. The Morgan fingerprint density at radius 1 is 0.931 bits per heavy atom. The third-order valence-corrected chi connectivity index (χ3v) is 5.01. The SMILES string of the molecule is COC(=O)c1ccc(-c2nc3n(CC(=O)c4ccccc4)cccc-3c2C)cc1. The van der Waals surface area contributed by atoms with E-state index < -0.39 is 0 Å². The first-order valence-electron chi connectivity index (χ1n) is 9.31. The van der Waals surface area contributed by atoms with E-state index in [1.807, 2.05) is 72.3 Å². The van der Waals surface area contributed by atoms with Crippen LogP contribution >= 0.6 is 0 Å². The molecule has 0 fully saturated rings. The maximum absolute atomic E-state index is 12.7. The third kappa shape index (κ3) is 3.55. The number of aromatic nitrogens is 2. The van der Waals surface area contributed by atoms with Gasteiger partial charge in [-0.2, -0.15) is 0 Å². The molecule has 0 bridgehead atoms. The van der Waals surface area contributed by atoms with E-state index in [2.05, 4.69) is 0 Å². The molecule has 4 rings (SSSR count). The summed E-state index contributed by atoms with van der Waals surface area (Å²) in [5, 5.41) is 0. The summed E-state index contributed by atoms with van der Waals surface area (Å²) in [5.41, 5.74) is 4.95. The maximum atomic E-state index is 12.7. The van der Waals surface area contributed by atoms with Gasteiger partial charge in [-0.3, -0.25) is 4.79 Å². The van der Waals surface area contributed by atoms with E-state index in [0.717, 1.165) is 28.2 Å². The van der Waals surface area contributed by atoms with Crippen molar-refractivity contribution in [3.8, 4) is 22.6 Å². The molecule has 0 atom stereocenters. The molecule has 0 amide bonds. The average molecular weight is 384 g/mol. The van der Waals surface area contributed by atoms with Gasteiger partial charge in [-0.25, -0.2) is 9.78 Å². The van der Waals surface area contributed by atoms with Crippen LogP contribution in [0.3, 0.4) is 0 Å². The zero-order chi connectivity index (χ0) is 20.4. The van der Waals surface area contributed by atoms with Crippen molar-refractivity contribution in [2.45, 2.75) is 13.5 Å². The lowest BCUT2D eigenvalue weighted by atomic mass is 10.0. The van der Waals surface area contributed by atoms with Crippen molar-refractivity contribution in [1.29, 1.82) is 0 Å². The minimum absolute atomic E-state index is 0.0349. The standard InChI is InChI=1S/C24H20N2O3/c1-16-20-9-6-14-26(15-21(27)17-7-4-3-5-8-17)23(20)25-22(16)18-10-12-19(13-11-18)24(28)29-2/h3-14H,15H2,1-2H3. The van der Waals surface area contributed by atoms with Crippen LogP contribution in [-0.2, 0) is 11.3 Å². The zero-order valence-corrected chi connectivity index (χ0v) is 16.3. The molecule has 0 N–H and O–H groups in total. The van der Waals surface area contributed by atoms with E-state index in [1.54, 1.807) is 12.1 Å². The summed E-state index contributed by atoms with van der Waals surface area (Å²) < 4.78 is 6.63. The highest BCUT2D eigenvalue weighted by Gasteiger charge is 2.20.